The fourth-order valence-corrected chi connectivity index (χ4v) is 5.71. The van der Waals surface area contributed by atoms with E-state index in [1.54, 1.807) is 26.2 Å². The van der Waals surface area contributed by atoms with E-state index in [0.29, 0.717) is 24.2 Å². The summed E-state index contributed by atoms with van der Waals surface area (Å²) in [5, 5.41) is 13.9. The van der Waals surface area contributed by atoms with E-state index in [1.807, 2.05) is 32.0 Å². The molecule has 1 aromatic heterocycles. The Balaban J connectivity index is 1.61. The number of hydrogen-bond donors (Lipinski definition) is 1. The van der Waals surface area contributed by atoms with E-state index in [2.05, 4.69) is 42.6 Å². The molecule has 2 heterocycles. The zero-order chi connectivity index (χ0) is 31.8. The number of fused-ring (bicyclic) bond motifs is 1. The topological polar surface area (TPSA) is 98.4 Å². The number of rotatable bonds is 13. The van der Waals surface area contributed by atoms with Gasteiger partial charge in [-0.05, 0) is 87.4 Å². The van der Waals surface area contributed by atoms with E-state index in [0.717, 1.165) is 55.0 Å². The molecule has 2 aromatic carbocycles. The molecular weight excluding hydrogens is 556 g/mol. The van der Waals surface area contributed by atoms with E-state index < -0.39 is 5.97 Å². The molecule has 4 rings (SSSR count). The van der Waals surface area contributed by atoms with Crippen LogP contribution >= 0.6 is 0 Å². The number of aliphatic imine (C=N–C) groups is 1. The smallest absolute Gasteiger partial charge is 0.342 e. The lowest BCUT2D eigenvalue weighted by Crippen LogP contribution is -2.38. The Labute approximate surface area is 260 Å². The molecule has 0 spiro atoms. The molecule has 0 bridgehead atoms. The summed E-state index contributed by atoms with van der Waals surface area (Å²) in [5.74, 6) is 0.104. The van der Waals surface area contributed by atoms with Gasteiger partial charge in [0.15, 0.2) is 5.82 Å². The zero-order valence-corrected chi connectivity index (χ0v) is 26.7. The average molecular weight is 601 g/mol. The number of aromatic nitrogens is 2. The van der Waals surface area contributed by atoms with Gasteiger partial charge < -0.3 is 19.3 Å². The maximum atomic E-state index is 11.8. The molecular formula is C35H44N4O5. The Morgan fingerprint density at radius 2 is 1.93 bits per heavy atom. The van der Waals surface area contributed by atoms with Crippen LogP contribution in [0.25, 0.3) is 5.82 Å². The Hall–Kier alpha value is -4.21. The van der Waals surface area contributed by atoms with Gasteiger partial charge in [-0.3, -0.25) is 4.90 Å². The maximum absolute atomic E-state index is 11.8. The summed E-state index contributed by atoms with van der Waals surface area (Å²) >= 11 is 0. The van der Waals surface area contributed by atoms with Crippen LogP contribution in [0.1, 0.15) is 64.5 Å². The van der Waals surface area contributed by atoms with Gasteiger partial charge in [0, 0.05) is 31.8 Å². The minimum absolute atomic E-state index is 0.0393. The highest BCUT2D eigenvalue weighted by molar-refractivity contribution is 6.03. The van der Waals surface area contributed by atoms with E-state index in [1.165, 1.54) is 27.6 Å². The predicted octanol–water partition coefficient (Wildman–Crippen LogP) is 6.10. The standard InChI is InChI=1S/C35H44N4O5/c1-8-11-32(39-34(43-9-2)31(20-36-39)35(40)41)37-26(6)30-13-10-12-23(3)33(30)44-22-28-15-14-27-16-18-38(24(4)21-42-7)19-17-29(27)25(28)5/h8,10-15,20,24H,1,9,16-19,21-22H2,2-7H3,(H,40,41)/b32-11+,37-26?. The minimum Gasteiger partial charge on any atom is -0.488 e. The number of benzene rings is 2. The number of ether oxygens (including phenoxy) is 3. The van der Waals surface area contributed by atoms with Crippen molar-refractivity contribution in [2.45, 2.75) is 60.1 Å². The fraction of sp³-hybridized carbons (Fsp3) is 0.400. The van der Waals surface area contributed by atoms with Crippen molar-refractivity contribution in [3.63, 3.8) is 0 Å². The van der Waals surface area contributed by atoms with Gasteiger partial charge in [-0.2, -0.15) is 9.78 Å². The van der Waals surface area contributed by atoms with Crippen LogP contribution in [0, 0.1) is 13.8 Å². The molecule has 9 nitrogen and oxygen atoms in total. The first kappa shape index (κ1) is 32.7. The zero-order valence-electron chi connectivity index (χ0n) is 26.7. The summed E-state index contributed by atoms with van der Waals surface area (Å²) in [4.78, 5) is 19.1. The van der Waals surface area contributed by atoms with Crippen molar-refractivity contribution in [3.8, 4) is 11.6 Å². The van der Waals surface area contributed by atoms with Crippen molar-refractivity contribution in [2.24, 2.45) is 4.99 Å². The molecule has 0 fully saturated rings. The van der Waals surface area contributed by atoms with Crippen LogP contribution in [0.5, 0.6) is 11.6 Å². The second kappa shape index (κ2) is 15.0. The number of methoxy groups -OCH3 is 1. The lowest BCUT2D eigenvalue weighted by atomic mass is 9.94. The average Bonchev–Trinajstić information content (AvgIpc) is 3.28. The molecule has 0 saturated carbocycles. The summed E-state index contributed by atoms with van der Waals surface area (Å²) in [6, 6.07) is 10.8. The van der Waals surface area contributed by atoms with Crippen molar-refractivity contribution in [1.82, 2.24) is 14.7 Å². The van der Waals surface area contributed by atoms with Crippen molar-refractivity contribution < 1.29 is 24.1 Å². The highest BCUT2D eigenvalue weighted by atomic mass is 16.5. The number of nitrogens with zero attached hydrogens (tertiary/aromatic N) is 4. The normalized spacial score (nSPS) is 15.0. The highest BCUT2D eigenvalue weighted by Gasteiger charge is 2.22. The van der Waals surface area contributed by atoms with Gasteiger partial charge in [-0.1, -0.05) is 36.9 Å². The second-order valence-corrected chi connectivity index (χ2v) is 11.0. The molecule has 234 valence electrons. The summed E-state index contributed by atoms with van der Waals surface area (Å²) < 4.78 is 19.0. The number of carbonyl (C=O) groups is 1. The molecule has 0 amide bonds. The minimum atomic E-state index is -1.13. The molecule has 3 aromatic rings. The summed E-state index contributed by atoms with van der Waals surface area (Å²) in [7, 11) is 1.76. The van der Waals surface area contributed by atoms with Crippen LogP contribution in [-0.2, 0) is 24.2 Å². The quantitative estimate of drug-likeness (QED) is 0.187. The number of carboxylic acids is 1. The van der Waals surface area contributed by atoms with E-state index in [9.17, 15) is 9.90 Å². The fourth-order valence-electron chi connectivity index (χ4n) is 5.71. The summed E-state index contributed by atoms with van der Waals surface area (Å²) in [6.07, 6.45) is 6.53. The molecule has 1 N–H and O–H groups in total. The number of hydrogen-bond acceptors (Lipinski definition) is 7. The first-order valence-electron chi connectivity index (χ1n) is 15.1. The molecule has 44 heavy (non-hydrogen) atoms. The van der Waals surface area contributed by atoms with Gasteiger partial charge in [-0.25, -0.2) is 9.79 Å². The third-order valence-corrected chi connectivity index (χ3v) is 8.13. The third kappa shape index (κ3) is 7.29. The molecule has 1 atom stereocenters. The lowest BCUT2D eigenvalue weighted by Gasteiger charge is -2.26. The molecule has 1 unspecified atom stereocenters. The molecule has 0 saturated heterocycles. The number of carboxylic acid groups (broad SMARTS) is 1. The Bertz CT molecular complexity index is 1550. The first-order chi connectivity index (χ1) is 21.2. The van der Waals surface area contributed by atoms with Crippen molar-refractivity contribution in [1.29, 1.82) is 0 Å². The Kier molecular flexibility index (Phi) is 11.1. The van der Waals surface area contributed by atoms with Crippen LogP contribution in [0.15, 0.2) is 60.3 Å². The van der Waals surface area contributed by atoms with Gasteiger partial charge in [0.25, 0.3) is 0 Å². The maximum Gasteiger partial charge on any atom is 0.342 e. The Morgan fingerprint density at radius 1 is 1.16 bits per heavy atom. The molecule has 9 heteroatoms. The highest BCUT2D eigenvalue weighted by Crippen LogP contribution is 2.30. The van der Waals surface area contributed by atoms with Gasteiger partial charge in [-0.15, -0.1) is 0 Å². The first-order valence-corrected chi connectivity index (χ1v) is 15.1. The van der Waals surface area contributed by atoms with Crippen LogP contribution in [0.2, 0.25) is 0 Å². The molecule has 1 aliphatic rings. The molecule has 1 aliphatic heterocycles. The van der Waals surface area contributed by atoms with E-state index in [-0.39, 0.29) is 18.1 Å². The summed E-state index contributed by atoms with van der Waals surface area (Å²) in [6.45, 7) is 17.4. The van der Waals surface area contributed by atoms with Crippen LogP contribution < -0.4 is 9.47 Å². The van der Waals surface area contributed by atoms with E-state index in [4.69, 9.17) is 19.2 Å². The monoisotopic (exact) mass is 600 g/mol. The van der Waals surface area contributed by atoms with Crippen molar-refractivity contribution in [2.75, 3.05) is 33.4 Å². The van der Waals surface area contributed by atoms with Crippen LogP contribution in [0.3, 0.4) is 0 Å². The number of aromatic carboxylic acids is 1. The Morgan fingerprint density at radius 3 is 2.64 bits per heavy atom. The number of allylic oxidation sites excluding steroid dienone is 2. The number of aryl methyl sites for hydroxylation is 1. The SMILES string of the molecule is C=C/C=C(\N=C(C)c1cccc(C)c1OCc1ccc2c(c1C)CCN(C(C)COC)CC2)n1ncc(C(=O)O)c1OCC. The van der Waals surface area contributed by atoms with Gasteiger partial charge >= 0.3 is 5.97 Å². The molecule has 0 aliphatic carbocycles. The molecule has 0 radical (unpaired) electrons. The van der Waals surface area contributed by atoms with Crippen molar-refractivity contribution in [3.05, 3.63) is 94.2 Å². The second-order valence-electron chi connectivity index (χ2n) is 11.0. The number of para-hydroxylation sites is 1. The third-order valence-electron chi connectivity index (χ3n) is 8.13. The van der Waals surface area contributed by atoms with Gasteiger partial charge in [0.05, 0.1) is 25.1 Å². The largest absolute Gasteiger partial charge is 0.488 e. The van der Waals surface area contributed by atoms with Gasteiger partial charge in [0.2, 0.25) is 5.88 Å². The van der Waals surface area contributed by atoms with E-state index >= 15 is 0 Å². The van der Waals surface area contributed by atoms with Crippen LogP contribution in [-0.4, -0.2) is 70.9 Å². The van der Waals surface area contributed by atoms with Crippen LogP contribution in [0.4, 0.5) is 0 Å². The van der Waals surface area contributed by atoms with Crippen molar-refractivity contribution >= 4 is 17.5 Å². The van der Waals surface area contributed by atoms with Gasteiger partial charge in [0.1, 0.15) is 17.9 Å². The summed E-state index contributed by atoms with van der Waals surface area (Å²) in [5.41, 5.74) is 7.75. The predicted molar refractivity (Wildman–Crippen MR) is 174 cm³/mol. The lowest BCUT2D eigenvalue weighted by molar-refractivity contribution is 0.0692.